The molecule has 0 amide bonds. The number of carbonyl (C=O) groups is 1. The molecule has 1 heterocycles. The van der Waals surface area contributed by atoms with Crippen molar-refractivity contribution in [3.05, 3.63) is 64.9 Å². The van der Waals surface area contributed by atoms with Gasteiger partial charge in [-0.25, -0.2) is 4.98 Å². The molecule has 0 bridgehead atoms. The SMILES string of the molecule is O=C(O)CCc1nc2ccc(Cl)cc2n1Cc1ccccc1. The minimum atomic E-state index is -0.823. The van der Waals surface area contributed by atoms with Gasteiger partial charge in [0.1, 0.15) is 5.82 Å². The second-order valence-electron chi connectivity index (χ2n) is 5.13. The number of fused-ring (bicyclic) bond motifs is 1. The van der Waals surface area contributed by atoms with Crippen LogP contribution in [0.3, 0.4) is 0 Å². The van der Waals surface area contributed by atoms with E-state index in [-0.39, 0.29) is 6.42 Å². The number of aromatic nitrogens is 2. The molecular weight excluding hydrogens is 300 g/mol. The molecule has 1 aromatic heterocycles. The van der Waals surface area contributed by atoms with Crippen molar-refractivity contribution in [3.8, 4) is 0 Å². The number of benzene rings is 2. The summed E-state index contributed by atoms with van der Waals surface area (Å²) in [6, 6.07) is 15.5. The second kappa shape index (κ2) is 6.20. The zero-order valence-electron chi connectivity index (χ0n) is 11.9. The fourth-order valence-corrected chi connectivity index (χ4v) is 2.66. The third-order valence-corrected chi connectivity index (χ3v) is 3.77. The molecule has 5 heteroatoms. The minimum absolute atomic E-state index is 0.0614. The van der Waals surface area contributed by atoms with Gasteiger partial charge in [0.05, 0.1) is 17.5 Å². The van der Waals surface area contributed by atoms with Gasteiger partial charge < -0.3 is 9.67 Å². The smallest absolute Gasteiger partial charge is 0.303 e. The summed E-state index contributed by atoms with van der Waals surface area (Å²) in [4.78, 5) is 15.4. The third kappa shape index (κ3) is 3.12. The van der Waals surface area contributed by atoms with Gasteiger partial charge in [0.2, 0.25) is 0 Å². The molecule has 0 aliphatic rings. The molecule has 0 aliphatic heterocycles. The van der Waals surface area contributed by atoms with E-state index in [0.29, 0.717) is 18.0 Å². The van der Waals surface area contributed by atoms with Crippen LogP contribution in [0.1, 0.15) is 17.8 Å². The summed E-state index contributed by atoms with van der Waals surface area (Å²) >= 11 is 6.10. The van der Waals surface area contributed by atoms with Gasteiger partial charge in [-0.05, 0) is 23.8 Å². The topological polar surface area (TPSA) is 55.1 Å². The fourth-order valence-electron chi connectivity index (χ4n) is 2.50. The summed E-state index contributed by atoms with van der Waals surface area (Å²) in [6.45, 7) is 0.645. The van der Waals surface area contributed by atoms with E-state index in [2.05, 4.69) is 4.98 Å². The second-order valence-corrected chi connectivity index (χ2v) is 5.56. The van der Waals surface area contributed by atoms with Crippen LogP contribution in [0.25, 0.3) is 11.0 Å². The molecule has 0 saturated carbocycles. The van der Waals surface area contributed by atoms with Crippen LogP contribution in [-0.4, -0.2) is 20.6 Å². The lowest BCUT2D eigenvalue weighted by atomic mass is 10.2. The lowest BCUT2D eigenvalue weighted by Gasteiger charge is -2.09. The van der Waals surface area contributed by atoms with Crippen LogP contribution in [-0.2, 0) is 17.8 Å². The van der Waals surface area contributed by atoms with E-state index in [1.54, 1.807) is 6.07 Å². The molecule has 2 aromatic carbocycles. The van der Waals surface area contributed by atoms with Crippen molar-refractivity contribution in [1.29, 1.82) is 0 Å². The molecule has 0 unspecified atom stereocenters. The number of carboxylic acid groups (broad SMARTS) is 1. The maximum Gasteiger partial charge on any atom is 0.303 e. The molecule has 4 nitrogen and oxygen atoms in total. The maximum absolute atomic E-state index is 10.9. The largest absolute Gasteiger partial charge is 0.481 e. The van der Waals surface area contributed by atoms with Gasteiger partial charge in [0.15, 0.2) is 0 Å². The number of aryl methyl sites for hydroxylation is 1. The highest BCUT2D eigenvalue weighted by molar-refractivity contribution is 6.31. The Kier molecular flexibility index (Phi) is 4.11. The van der Waals surface area contributed by atoms with Crippen LogP contribution in [0.4, 0.5) is 0 Å². The predicted molar refractivity (Wildman–Crippen MR) is 86.2 cm³/mol. The van der Waals surface area contributed by atoms with Crippen molar-refractivity contribution in [2.45, 2.75) is 19.4 Å². The van der Waals surface area contributed by atoms with Crippen molar-refractivity contribution < 1.29 is 9.90 Å². The van der Waals surface area contributed by atoms with Crippen molar-refractivity contribution in [3.63, 3.8) is 0 Å². The standard InChI is InChI=1S/C17H15ClN2O2/c18-13-6-7-14-15(10-13)20(11-12-4-2-1-3-5-12)16(19-14)8-9-17(21)22/h1-7,10H,8-9,11H2,(H,21,22). The first-order valence-electron chi connectivity index (χ1n) is 7.04. The Morgan fingerprint density at radius 2 is 1.95 bits per heavy atom. The zero-order valence-corrected chi connectivity index (χ0v) is 12.6. The highest BCUT2D eigenvalue weighted by Gasteiger charge is 2.13. The number of carboxylic acids is 1. The summed E-state index contributed by atoms with van der Waals surface area (Å²) < 4.78 is 2.04. The van der Waals surface area contributed by atoms with E-state index in [4.69, 9.17) is 16.7 Å². The van der Waals surface area contributed by atoms with E-state index in [9.17, 15) is 4.79 Å². The zero-order chi connectivity index (χ0) is 15.5. The number of imidazole rings is 1. The van der Waals surface area contributed by atoms with Crippen molar-refractivity contribution in [1.82, 2.24) is 9.55 Å². The van der Waals surface area contributed by atoms with Crippen LogP contribution in [0.5, 0.6) is 0 Å². The van der Waals surface area contributed by atoms with E-state index < -0.39 is 5.97 Å². The first-order valence-corrected chi connectivity index (χ1v) is 7.41. The lowest BCUT2D eigenvalue weighted by molar-refractivity contribution is -0.137. The van der Waals surface area contributed by atoms with Crippen molar-refractivity contribution >= 4 is 28.6 Å². The Labute approximate surface area is 133 Å². The predicted octanol–water partition coefficient (Wildman–Crippen LogP) is 3.76. The molecule has 0 aliphatic carbocycles. The number of aliphatic carboxylic acids is 1. The Morgan fingerprint density at radius 3 is 2.68 bits per heavy atom. The summed E-state index contributed by atoms with van der Waals surface area (Å²) in [5.74, 6) is -0.0557. The van der Waals surface area contributed by atoms with Gasteiger partial charge >= 0.3 is 5.97 Å². The van der Waals surface area contributed by atoms with Crippen molar-refractivity contribution in [2.24, 2.45) is 0 Å². The normalized spacial score (nSPS) is 11.0. The Balaban J connectivity index is 2.04. The van der Waals surface area contributed by atoms with Crippen LogP contribution in [0.2, 0.25) is 5.02 Å². The fraction of sp³-hybridized carbons (Fsp3) is 0.176. The average Bonchev–Trinajstić information content (AvgIpc) is 2.84. The van der Waals surface area contributed by atoms with Crippen LogP contribution < -0.4 is 0 Å². The summed E-state index contributed by atoms with van der Waals surface area (Å²) in [5, 5.41) is 9.56. The lowest BCUT2D eigenvalue weighted by Crippen LogP contribution is -2.07. The van der Waals surface area contributed by atoms with Gasteiger partial charge in [0.25, 0.3) is 0 Å². The monoisotopic (exact) mass is 314 g/mol. The molecule has 1 N–H and O–H groups in total. The average molecular weight is 315 g/mol. The van der Waals surface area contributed by atoms with Crippen LogP contribution in [0.15, 0.2) is 48.5 Å². The van der Waals surface area contributed by atoms with Gasteiger partial charge in [-0.1, -0.05) is 41.9 Å². The van der Waals surface area contributed by atoms with Crippen LogP contribution >= 0.6 is 11.6 Å². The number of nitrogens with zero attached hydrogens (tertiary/aromatic N) is 2. The summed E-state index contributed by atoms with van der Waals surface area (Å²) in [6.07, 6.45) is 0.459. The Bertz CT molecular complexity index is 812. The molecule has 0 atom stereocenters. The molecule has 0 radical (unpaired) electrons. The molecular formula is C17H15ClN2O2. The highest BCUT2D eigenvalue weighted by atomic mass is 35.5. The first-order chi connectivity index (χ1) is 10.6. The van der Waals surface area contributed by atoms with Crippen molar-refractivity contribution in [2.75, 3.05) is 0 Å². The quantitative estimate of drug-likeness (QED) is 0.780. The molecule has 22 heavy (non-hydrogen) atoms. The van der Waals surface area contributed by atoms with E-state index in [1.807, 2.05) is 47.0 Å². The van der Waals surface area contributed by atoms with Gasteiger partial charge in [-0.2, -0.15) is 0 Å². The third-order valence-electron chi connectivity index (χ3n) is 3.54. The first kappa shape index (κ1) is 14.6. The minimum Gasteiger partial charge on any atom is -0.481 e. The Hall–Kier alpha value is -2.33. The molecule has 0 fully saturated rings. The van der Waals surface area contributed by atoms with Gasteiger partial charge in [0, 0.05) is 18.0 Å². The molecule has 3 aromatic rings. The van der Waals surface area contributed by atoms with E-state index >= 15 is 0 Å². The molecule has 112 valence electrons. The Morgan fingerprint density at radius 1 is 1.18 bits per heavy atom. The molecule has 0 spiro atoms. The molecule has 0 saturated heterocycles. The number of rotatable bonds is 5. The number of halogens is 1. The van der Waals surface area contributed by atoms with Crippen LogP contribution in [0, 0.1) is 0 Å². The number of hydrogen-bond donors (Lipinski definition) is 1. The van der Waals surface area contributed by atoms with E-state index in [1.165, 1.54) is 0 Å². The van der Waals surface area contributed by atoms with Gasteiger partial charge in [-0.15, -0.1) is 0 Å². The molecule has 3 rings (SSSR count). The van der Waals surface area contributed by atoms with E-state index in [0.717, 1.165) is 22.4 Å². The van der Waals surface area contributed by atoms with Gasteiger partial charge in [-0.3, -0.25) is 4.79 Å². The summed E-state index contributed by atoms with van der Waals surface area (Å²) in [5.41, 5.74) is 2.90. The number of hydrogen-bond acceptors (Lipinski definition) is 2. The highest BCUT2D eigenvalue weighted by Crippen LogP contribution is 2.22. The summed E-state index contributed by atoms with van der Waals surface area (Å²) in [7, 11) is 0. The maximum atomic E-state index is 10.9.